The number of aliphatic hydroxyl groups is 1. The average molecular weight is 399 g/mol. The third kappa shape index (κ3) is 3.44. The van der Waals surface area contributed by atoms with Gasteiger partial charge in [-0.25, -0.2) is 4.79 Å². The van der Waals surface area contributed by atoms with Crippen LogP contribution in [0.3, 0.4) is 0 Å². The zero-order valence-electron chi connectivity index (χ0n) is 17.4. The van der Waals surface area contributed by atoms with Crippen molar-refractivity contribution in [2.24, 2.45) is 5.92 Å². The van der Waals surface area contributed by atoms with E-state index in [1.54, 1.807) is 7.11 Å². The molecule has 1 N–H and O–H groups in total. The van der Waals surface area contributed by atoms with Gasteiger partial charge in [-0.2, -0.15) is 0 Å². The molecule has 0 radical (unpaired) electrons. The van der Waals surface area contributed by atoms with Crippen LogP contribution in [0.4, 0.5) is 0 Å². The SMILES string of the molecule is COc1ccc2c(C)c(CC(=O)N3CC[C@]4(O)CCCC[C@H]4C3)c(=O)oc2c1C. The maximum atomic E-state index is 13.0. The highest BCUT2D eigenvalue weighted by Crippen LogP contribution is 2.40. The van der Waals surface area contributed by atoms with E-state index >= 15 is 0 Å². The molecule has 1 amide bonds. The van der Waals surface area contributed by atoms with Crippen LogP contribution < -0.4 is 10.4 Å². The monoisotopic (exact) mass is 399 g/mol. The van der Waals surface area contributed by atoms with Crippen molar-refractivity contribution in [1.29, 1.82) is 0 Å². The molecule has 2 atom stereocenters. The van der Waals surface area contributed by atoms with Gasteiger partial charge in [-0.3, -0.25) is 4.79 Å². The van der Waals surface area contributed by atoms with Crippen LogP contribution in [-0.2, 0) is 11.2 Å². The number of aryl methyl sites for hydroxylation is 2. The van der Waals surface area contributed by atoms with Crippen LogP contribution in [0.1, 0.15) is 48.8 Å². The third-order valence-electron chi connectivity index (χ3n) is 6.98. The van der Waals surface area contributed by atoms with Crippen molar-refractivity contribution in [3.8, 4) is 5.75 Å². The molecule has 1 aliphatic heterocycles. The molecule has 0 bridgehead atoms. The van der Waals surface area contributed by atoms with Crippen molar-refractivity contribution in [3.05, 3.63) is 39.2 Å². The lowest BCUT2D eigenvalue weighted by molar-refractivity contribution is -0.142. The zero-order chi connectivity index (χ0) is 20.8. The first-order valence-corrected chi connectivity index (χ1v) is 10.4. The molecule has 6 heteroatoms. The molecule has 0 unspecified atom stereocenters. The molecular weight excluding hydrogens is 370 g/mol. The lowest BCUT2D eigenvalue weighted by Gasteiger charge is -2.47. The summed E-state index contributed by atoms with van der Waals surface area (Å²) in [5.41, 5.74) is 1.39. The second kappa shape index (κ2) is 7.48. The van der Waals surface area contributed by atoms with Gasteiger partial charge in [-0.15, -0.1) is 0 Å². The summed E-state index contributed by atoms with van der Waals surface area (Å²) in [7, 11) is 1.58. The summed E-state index contributed by atoms with van der Waals surface area (Å²) in [5.74, 6) is 0.730. The smallest absolute Gasteiger partial charge is 0.340 e. The predicted molar refractivity (Wildman–Crippen MR) is 110 cm³/mol. The second-order valence-corrected chi connectivity index (χ2v) is 8.58. The lowest BCUT2D eigenvalue weighted by Crippen LogP contribution is -2.55. The normalized spacial score (nSPS) is 24.4. The summed E-state index contributed by atoms with van der Waals surface area (Å²) in [6.45, 7) is 4.83. The van der Waals surface area contributed by atoms with Crippen molar-refractivity contribution < 1.29 is 19.1 Å². The molecule has 1 aliphatic carbocycles. The first kappa shape index (κ1) is 20.0. The van der Waals surface area contributed by atoms with Crippen LogP contribution >= 0.6 is 0 Å². The molecule has 2 aliphatic rings. The predicted octanol–water partition coefficient (Wildman–Crippen LogP) is 3.11. The van der Waals surface area contributed by atoms with Gasteiger partial charge in [-0.1, -0.05) is 12.8 Å². The highest BCUT2D eigenvalue weighted by molar-refractivity contribution is 5.87. The Morgan fingerprint density at radius 1 is 1.28 bits per heavy atom. The minimum Gasteiger partial charge on any atom is -0.496 e. The number of benzene rings is 1. The summed E-state index contributed by atoms with van der Waals surface area (Å²) in [4.78, 5) is 27.5. The minimum absolute atomic E-state index is 0.0281. The van der Waals surface area contributed by atoms with E-state index in [-0.39, 0.29) is 18.2 Å². The van der Waals surface area contributed by atoms with Gasteiger partial charge in [0.05, 0.1) is 24.7 Å². The van der Waals surface area contributed by atoms with E-state index in [0.29, 0.717) is 36.4 Å². The number of carbonyl (C=O) groups excluding carboxylic acids is 1. The van der Waals surface area contributed by atoms with Gasteiger partial charge < -0.3 is 19.2 Å². The van der Waals surface area contributed by atoms with Crippen molar-refractivity contribution in [1.82, 2.24) is 4.90 Å². The molecule has 1 saturated heterocycles. The van der Waals surface area contributed by atoms with Crippen LogP contribution in [0, 0.1) is 19.8 Å². The number of ether oxygens (including phenoxy) is 1. The topological polar surface area (TPSA) is 80.0 Å². The Morgan fingerprint density at radius 3 is 2.83 bits per heavy atom. The fourth-order valence-corrected chi connectivity index (χ4v) is 5.06. The zero-order valence-corrected chi connectivity index (χ0v) is 17.4. The Morgan fingerprint density at radius 2 is 2.07 bits per heavy atom. The fraction of sp³-hybridized carbons (Fsp3) is 0.565. The van der Waals surface area contributed by atoms with E-state index in [0.717, 1.165) is 42.2 Å². The van der Waals surface area contributed by atoms with Crippen LogP contribution in [0.15, 0.2) is 21.3 Å². The van der Waals surface area contributed by atoms with Gasteiger partial charge in [0, 0.05) is 30.0 Å². The van der Waals surface area contributed by atoms with Gasteiger partial charge >= 0.3 is 5.63 Å². The number of fused-ring (bicyclic) bond motifs is 2. The maximum Gasteiger partial charge on any atom is 0.340 e. The quantitative estimate of drug-likeness (QED) is 0.802. The van der Waals surface area contributed by atoms with Crippen molar-refractivity contribution in [2.75, 3.05) is 20.2 Å². The van der Waals surface area contributed by atoms with Crippen molar-refractivity contribution >= 4 is 16.9 Å². The Labute approximate surface area is 170 Å². The lowest BCUT2D eigenvalue weighted by atomic mass is 9.71. The fourth-order valence-electron chi connectivity index (χ4n) is 5.06. The van der Waals surface area contributed by atoms with E-state index in [9.17, 15) is 14.7 Å². The highest BCUT2D eigenvalue weighted by Gasteiger charge is 2.43. The summed E-state index contributed by atoms with van der Waals surface area (Å²) in [5, 5.41) is 11.7. The van der Waals surface area contributed by atoms with E-state index in [1.807, 2.05) is 30.9 Å². The van der Waals surface area contributed by atoms with E-state index in [4.69, 9.17) is 9.15 Å². The number of hydrogen-bond donors (Lipinski definition) is 1. The standard InChI is InChI=1S/C23H29NO5/c1-14-17-7-8-19(28-3)15(2)21(17)29-22(26)18(14)12-20(25)24-11-10-23(27)9-5-4-6-16(23)13-24/h7-8,16,27H,4-6,9-13H2,1-3H3/t16-,23+/m0/s1. The largest absolute Gasteiger partial charge is 0.496 e. The van der Waals surface area contributed by atoms with E-state index in [2.05, 4.69) is 0 Å². The van der Waals surface area contributed by atoms with Gasteiger partial charge in [0.1, 0.15) is 11.3 Å². The second-order valence-electron chi connectivity index (χ2n) is 8.58. The molecule has 2 fully saturated rings. The molecule has 6 nitrogen and oxygen atoms in total. The first-order valence-electron chi connectivity index (χ1n) is 10.4. The number of piperidine rings is 1. The number of carbonyl (C=O) groups is 1. The molecule has 156 valence electrons. The van der Waals surface area contributed by atoms with Crippen molar-refractivity contribution in [2.45, 2.75) is 58.0 Å². The molecule has 1 aromatic heterocycles. The summed E-state index contributed by atoms with van der Waals surface area (Å²) >= 11 is 0. The molecule has 4 rings (SSSR count). The molecule has 29 heavy (non-hydrogen) atoms. The van der Waals surface area contributed by atoms with Gasteiger partial charge in [0.2, 0.25) is 5.91 Å². The Bertz CT molecular complexity index is 1010. The van der Waals surface area contributed by atoms with Crippen LogP contribution in [0.5, 0.6) is 5.75 Å². The van der Waals surface area contributed by atoms with Gasteiger partial charge in [0.15, 0.2) is 0 Å². The van der Waals surface area contributed by atoms with Gasteiger partial charge in [0.25, 0.3) is 0 Å². The highest BCUT2D eigenvalue weighted by atomic mass is 16.5. The Kier molecular flexibility index (Phi) is 5.15. The molecule has 2 aromatic rings. The number of methoxy groups -OCH3 is 1. The number of nitrogens with zero attached hydrogens (tertiary/aromatic N) is 1. The minimum atomic E-state index is -0.622. The van der Waals surface area contributed by atoms with Crippen LogP contribution in [-0.4, -0.2) is 41.7 Å². The first-order chi connectivity index (χ1) is 13.8. The number of amides is 1. The van der Waals surface area contributed by atoms with E-state index < -0.39 is 11.2 Å². The molecule has 1 saturated carbocycles. The molecule has 0 spiro atoms. The number of likely N-dealkylation sites (tertiary alicyclic amines) is 1. The summed E-state index contributed by atoms with van der Waals surface area (Å²) in [6, 6.07) is 3.72. The molecular formula is C23H29NO5. The van der Waals surface area contributed by atoms with Crippen molar-refractivity contribution in [3.63, 3.8) is 0 Å². The molecule has 2 heterocycles. The van der Waals surface area contributed by atoms with Gasteiger partial charge in [-0.05, 0) is 50.8 Å². The third-order valence-corrected chi connectivity index (χ3v) is 6.98. The van der Waals surface area contributed by atoms with Crippen LogP contribution in [0.2, 0.25) is 0 Å². The Balaban J connectivity index is 1.59. The number of hydrogen-bond acceptors (Lipinski definition) is 5. The maximum absolute atomic E-state index is 13.0. The average Bonchev–Trinajstić information content (AvgIpc) is 2.71. The van der Waals surface area contributed by atoms with Crippen LogP contribution in [0.25, 0.3) is 11.0 Å². The summed E-state index contributed by atoms with van der Waals surface area (Å²) in [6.07, 6.45) is 4.59. The molecule has 1 aromatic carbocycles. The summed E-state index contributed by atoms with van der Waals surface area (Å²) < 4.78 is 10.9. The van der Waals surface area contributed by atoms with E-state index in [1.165, 1.54) is 0 Å². The number of rotatable bonds is 3. The Hall–Kier alpha value is -2.34.